The molecule has 1 aromatic carbocycles. The molecule has 0 unspecified atom stereocenters. The maximum Gasteiger partial charge on any atom is 0.412 e. The molecule has 2 aromatic rings. The van der Waals surface area contributed by atoms with Crippen molar-refractivity contribution in [3.05, 3.63) is 53.9 Å². The zero-order chi connectivity index (χ0) is 22.4. The van der Waals surface area contributed by atoms with Gasteiger partial charge in [-0.15, -0.1) is 0 Å². The number of piperazine rings is 1. The number of carbonyl (C=O) groups excluding carboxylic acids is 2. The summed E-state index contributed by atoms with van der Waals surface area (Å²) in [6.45, 7) is 9.84. The van der Waals surface area contributed by atoms with Crippen LogP contribution in [0.25, 0.3) is 0 Å². The fourth-order valence-electron chi connectivity index (χ4n) is 3.27. The largest absolute Gasteiger partial charge is 0.444 e. The Morgan fingerprint density at radius 3 is 2.55 bits per heavy atom. The van der Waals surface area contributed by atoms with Crippen molar-refractivity contribution >= 4 is 23.4 Å². The molecule has 1 aliphatic rings. The fraction of sp³-hybridized carbons (Fsp3) is 0.435. The summed E-state index contributed by atoms with van der Waals surface area (Å²) in [5.74, 6) is -0.259. The number of ether oxygens (including phenoxy) is 1. The van der Waals surface area contributed by atoms with Crippen LogP contribution in [0.4, 0.5) is 16.2 Å². The van der Waals surface area contributed by atoms with Gasteiger partial charge < -0.3 is 19.9 Å². The summed E-state index contributed by atoms with van der Waals surface area (Å²) in [5, 5.41) is 5.52. The molecule has 2 heterocycles. The molecule has 0 radical (unpaired) electrons. The average Bonchev–Trinajstić information content (AvgIpc) is 2.71. The lowest BCUT2D eigenvalue weighted by atomic mass is 10.1. The number of aromatic nitrogens is 1. The van der Waals surface area contributed by atoms with Crippen molar-refractivity contribution in [3.63, 3.8) is 0 Å². The van der Waals surface area contributed by atoms with Gasteiger partial charge in [-0.1, -0.05) is 12.1 Å². The molecule has 1 aromatic heterocycles. The predicted molar refractivity (Wildman–Crippen MR) is 121 cm³/mol. The predicted octanol–water partition coefficient (Wildman–Crippen LogP) is 3.11. The highest BCUT2D eigenvalue weighted by Crippen LogP contribution is 2.18. The molecule has 2 amide bonds. The average molecular weight is 426 g/mol. The monoisotopic (exact) mass is 425 g/mol. The van der Waals surface area contributed by atoms with Crippen LogP contribution in [0.3, 0.4) is 0 Å². The molecule has 1 fully saturated rings. The lowest BCUT2D eigenvalue weighted by molar-refractivity contribution is 0.0635. The highest BCUT2D eigenvalue weighted by Gasteiger charge is 2.17. The lowest BCUT2D eigenvalue weighted by Gasteiger charge is -2.34. The van der Waals surface area contributed by atoms with Crippen molar-refractivity contribution in [2.24, 2.45) is 0 Å². The molecule has 2 N–H and O–H groups in total. The van der Waals surface area contributed by atoms with Gasteiger partial charge in [-0.3, -0.25) is 15.1 Å². The fourth-order valence-corrected chi connectivity index (χ4v) is 3.27. The number of nitrogens with one attached hydrogen (secondary N) is 2. The van der Waals surface area contributed by atoms with Crippen molar-refractivity contribution in [1.82, 2.24) is 15.2 Å². The van der Waals surface area contributed by atoms with Crippen LogP contribution in [0, 0.1) is 0 Å². The number of carbonyl (C=O) groups is 2. The first kappa shape index (κ1) is 22.6. The molecule has 0 aliphatic carbocycles. The summed E-state index contributed by atoms with van der Waals surface area (Å²) in [6, 6.07) is 9.81. The standard InChI is InChI=1S/C23H31N5O3/c1-23(2,3)31-22(30)26-19-13-18(15-24-16-19)21(29)25-14-17-6-5-7-20(12-17)28-10-8-27(4)9-11-28/h5-7,12-13,15-16H,8-11,14H2,1-4H3,(H,25,29)(H,26,30). The molecular formula is C23H31N5O3. The molecule has 31 heavy (non-hydrogen) atoms. The van der Waals surface area contributed by atoms with Crippen molar-refractivity contribution in [3.8, 4) is 0 Å². The quantitative estimate of drug-likeness (QED) is 0.766. The Kier molecular flexibility index (Phi) is 7.12. The van der Waals surface area contributed by atoms with E-state index in [0.29, 0.717) is 17.8 Å². The number of hydrogen-bond acceptors (Lipinski definition) is 6. The summed E-state index contributed by atoms with van der Waals surface area (Å²) < 4.78 is 5.23. The first-order valence-electron chi connectivity index (χ1n) is 10.5. The van der Waals surface area contributed by atoms with Gasteiger partial charge in [0.25, 0.3) is 5.91 Å². The van der Waals surface area contributed by atoms with E-state index in [2.05, 4.69) is 44.6 Å². The van der Waals surface area contributed by atoms with E-state index in [9.17, 15) is 9.59 Å². The Hall–Kier alpha value is -3.13. The molecule has 8 nitrogen and oxygen atoms in total. The van der Waals surface area contributed by atoms with E-state index in [1.807, 2.05) is 12.1 Å². The molecule has 1 aliphatic heterocycles. The van der Waals surface area contributed by atoms with Gasteiger partial charge in [0.05, 0.1) is 17.4 Å². The molecular weight excluding hydrogens is 394 g/mol. The minimum atomic E-state index is -0.606. The smallest absolute Gasteiger partial charge is 0.412 e. The molecule has 3 rings (SSSR count). The molecule has 0 atom stereocenters. The van der Waals surface area contributed by atoms with E-state index < -0.39 is 11.7 Å². The van der Waals surface area contributed by atoms with Crippen LogP contribution in [0.15, 0.2) is 42.7 Å². The maximum absolute atomic E-state index is 12.6. The van der Waals surface area contributed by atoms with Crippen LogP contribution in [-0.2, 0) is 11.3 Å². The SMILES string of the molecule is CN1CCN(c2cccc(CNC(=O)c3cncc(NC(=O)OC(C)(C)C)c3)c2)CC1. The van der Waals surface area contributed by atoms with Gasteiger partial charge in [-0.25, -0.2) is 4.79 Å². The van der Waals surface area contributed by atoms with Crippen molar-refractivity contribution in [2.75, 3.05) is 43.4 Å². The number of pyridine rings is 1. The first-order valence-corrected chi connectivity index (χ1v) is 10.5. The third kappa shape index (κ3) is 6.96. The topological polar surface area (TPSA) is 86.8 Å². The van der Waals surface area contributed by atoms with Gasteiger partial charge in [0.1, 0.15) is 5.60 Å². The van der Waals surface area contributed by atoms with Gasteiger partial charge in [0, 0.05) is 44.6 Å². The number of anilines is 2. The Balaban J connectivity index is 1.57. The Labute approximate surface area is 183 Å². The lowest BCUT2D eigenvalue weighted by Crippen LogP contribution is -2.44. The summed E-state index contributed by atoms with van der Waals surface area (Å²) >= 11 is 0. The Morgan fingerprint density at radius 2 is 1.84 bits per heavy atom. The number of nitrogens with zero attached hydrogens (tertiary/aromatic N) is 3. The van der Waals surface area contributed by atoms with Crippen molar-refractivity contribution in [1.29, 1.82) is 0 Å². The molecule has 0 spiro atoms. The number of rotatable bonds is 5. The normalized spacial score (nSPS) is 14.8. The molecule has 166 valence electrons. The van der Waals surface area contributed by atoms with Gasteiger partial charge in [0.15, 0.2) is 0 Å². The van der Waals surface area contributed by atoms with E-state index >= 15 is 0 Å². The van der Waals surface area contributed by atoms with E-state index in [4.69, 9.17) is 4.74 Å². The highest BCUT2D eigenvalue weighted by molar-refractivity contribution is 5.95. The Morgan fingerprint density at radius 1 is 1.10 bits per heavy atom. The second-order valence-corrected chi connectivity index (χ2v) is 8.73. The summed E-state index contributed by atoms with van der Waals surface area (Å²) in [4.78, 5) is 33.3. The van der Waals surface area contributed by atoms with Gasteiger partial charge in [-0.05, 0) is 51.6 Å². The third-order valence-corrected chi connectivity index (χ3v) is 4.88. The second kappa shape index (κ2) is 9.78. The zero-order valence-electron chi connectivity index (χ0n) is 18.6. The summed E-state index contributed by atoms with van der Waals surface area (Å²) in [6.07, 6.45) is 2.35. The second-order valence-electron chi connectivity index (χ2n) is 8.73. The Bertz CT molecular complexity index is 917. The van der Waals surface area contributed by atoms with E-state index in [1.54, 1.807) is 26.8 Å². The van der Waals surface area contributed by atoms with Crippen LogP contribution >= 0.6 is 0 Å². The molecule has 1 saturated heterocycles. The zero-order valence-corrected chi connectivity index (χ0v) is 18.6. The van der Waals surface area contributed by atoms with E-state index in [0.717, 1.165) is 31.7 Å². The van der Waals surface area contributed by atoms with E-state index in [1.165, 1.54) is 18.1 Å². The van der Waals surface area contributed by atoms with Crippen LogP contribution in [0.2, 0.25) is 0 Å². The molecule has 0 bridgehead atoms. The van der Waals surface area contributed by atoms with Crippen LogP contribution < -0.4 is 15.5 Å². The molecule has 0 saturated carbocycles. The van der Waals surface area contributed by atoms with E-state index in [-0.39, 0.29) is 5.91 Å². The number of likely N-dealkylation sites (N-methyl/N-ethyl adjacent to an activating group) is 1. The minimum absolute atomic E-state index is 0.259. The summed E-state index contributed by atoms with van der Waals surface area (Å²) in [7, 11) is 2.14. The van der Waals surface area contributed by atoms with Crippen LogP contribution in [0.5, 0.6) is 0 Å². The van der Waals surface area contributed by atoms with Crippen molar-refractivity contribution < 1.29 is 14.3 Å². The minimum Gasteiger partial charge on any atom is -0.444 e. The highest BCUT2D eigenvalue weighted by atomic mass is 16.6. The third-order valence-electron chi connectivity index (χ3n) is 4.88. The van der Waals surface area contributed by atoms with Gasteiger partial charge in [0.2, 0.25) is 0 Å². The van der Waals surface area contributed by atoms with Crippen LogP contribution in [-0.4, -0.2) is 60.7 Å². The maximum atomic E-state index is 12.6. The van der Waals surface area contributed by atoms with Gasteiger partial charge >= 0.3 is 6.09 Å². The number of amides is 2. The number of hydrogen-bond donors (Lipinski definition) is 2. The molecule has 8 heteroatoms. The summed E-state index contributed by atoms with van der Waals surface area (Å²) in [5.41, 5.74) is 2.36. The first-order chi connectivity index (χ1) is 14.7. The van der Waals surface area contributed by atoms with Crippen LogP contribution in [0.1, 0.15) is 36.7 Å². The van der Waals surface area contributed by atoms with Gasteiger partial charge in [-0.2, -0.15) is 0 Å². The number of benzene rings is 1. The van der Waals surface area contributed by atoms with Crippen molar-refractivity contribution in [2.45, 2.75) is 32.9 Å².